The van der Waals surface area contributed by atoms with E-state index in [9.17, 15) is 14.0 Å². The first-order valence-electron chi connectivity index (χ1n) is 10.4. The van der Waals surface area contributed by atoms with Gasteiger partial charge in [-0.2, -0.15) is 0 Å². The fraction of sp³-hybridized carbons (Fsp3) is 0.391. The van der Waals surface area contributed by atoms with Crippen LogP contribution in [0.3, 0.4) is 0 Å². The lowest BCUT2D eigenvalue weighted by Crippen LogP contribution is -3.27. The summed E-state index contributed by atoms with van der Waals surface area (Å²) in [5, 5.41) is 5.24. The Hall–Kier alpha value is -2.77. The molecule has 1 aliphatic heterocycles. The van der Waals surface area contributed by atoms with Crippen molar-refractivity contribution in [2.45, 2.75) is 19.9 Å². The van der Waals surface area contributed by atoms with Crippen LogP contribution in [0.4, 0.5) is 10.1 Å². The molecule has 7 heteroatoms. The maximum absolute atomic E-state index is 13.7. The Labute approximate surface area is 177 Å². The molecule has 1 heterocycles. The molecule has 0 saturated carbocycles. The second-order valence-electron chi connectivity index (χ2n) is 8.21. The van der Waals surface area contributed by atoms with Gasteiger partial charge < -0.3 is 20.4 Å². The molecule has 0 radical (unpaired) electrons. The molecule has 2 aromatic carbocycles. The normalized spacial score (nSPS) is 19.7. The quantitative estimate of drug-likeness (QED) is 0.506. The lowest BCUT2D eigenvalue weighted by Gasteiger charge is -2.33. The second-order valence-corrected chi connectivity index (χ2v) is 8.21. The molecule has 1 aliphatic rings. The number of likely N-dealkylation sites (N-methyl/N-ethyl adjacent to an activating group) is 1. The van der Waals surface area contributed by atoms with Gasteiger partial charge in [-0.1, -0.05) is 35.9 Å². The molecule has 0 aromatic heterocycles. The first-order chi connectivity index (χ1) is 14.3. The van der Waals surface area contributed by atoms with Gasteiger partial charge in [0, 0.05) is 11.3 Å². The first kappa shape index (κ1) is 21.9. The largest absolute Gasteiger partial charge is 0.341 e. The van der Waals surface area contributed by atoms with Gasteiger partial charge in [-0.3, -0.25) is 9.59 Å². The molecule has 1 saturated heterocycles. The zero-order valence-corrected chi connectivity index (χ0v) is 17.8. The lowest BCUT2D eigenvalue weighted by molar-refractivity contribution is -1.02. The van der Waals surface area contributed by atoms with E-state index in [1.165, 1.54) is 21.4 Å². The van der Waals surface area contributed by atoms with Crippen molar-refractivity contribution in [1.29, 1.82) is 0 Å². The molecule has 0 bridgehead atoms. The van der Waals surface area contributed by atoms with Crippen molar-refractivity contribution in [3.8, 4) is 0 Å². The first-order valence-corrected chi connectivity index (χ1v) is 10.4. The predicted molar refractivity (Wildman–Crippen MR) is 114 cm³/mol. The third-order valence-corrected chi connectivity index (χ3v) is 5.82. The van der Waals surface area contributed by atoms with Gasteiger partial charge in [0.2, 0.25) is 0 Å². The molecule has 3 rings (SSSR count). The van der Waals surface area contributed by atoms with Gasteiger partial charge in [0.25, 0.3) is 0 Å². The van der Waals surface area contributed by atoms with E-state index in [1.54, 1.807) is 19.1 Å². The number of rotatable bonds is 5. The summed E-state index contributed by atoms with van der Waals surface area (Å²) < 4.78 is 13.7. The van der Waals surface area contributed by atoms with E-state index in [4.69, 9.17) is 0 Å². The average Bonchev–Trinajstić information content (AvgIpc) is 2.73. The zero-order chi connectivity index (χ0) is 21.7. The van der Waals surface area contributed by atoms with Crippen LogP contribution in [0.15, 0.2) is 42.5 Å². The highest BCUT2D eigenvalue weighted by Crippen LogP contribution is 2.14. The number of anilines is 1. The fourth-order valence-corrected chi connectivity index (χ4v) is 3.78. The Morgan fingerprint density at radius 1 is 1.00 bits per heavy atom. The Balaban J connectivity index is 1.65. The Bertz CT molecular complexity index is 893. The highest BCUT2D eigenvalue weighted by atomic mass is 19.1. The van der Waals surface area contributed by atoms with Crippen LogP contribution in [0.1, 0.15) is 22.7 Å². The molecule has 0 spiro atoms. The van der Waals surface area contributed by atoms with Gasteiger partial charge in [-0.25, -0.2) is 4.39 Å². The van der Waals surface area contributed by atoms with Gasteiger partial charge in [-0.05, 0) is 31.5 Å². The number of carbonyl (C=O) groups is 2. The minimum Gasteiger partial charge on any atom is -0.341 e. The molecule has 4 N–H and O–H groups in total. The molecule has 1 fully saturated rings. The Morgan fingerprint density at radius 3 is 2.30 bits per heavy atom. The van der Waals surface area contributed by atoms with Gasteiger partial charge in [0.05, 0.1) is 13.6 Å². The number of aryl methyl sites for hydroxylation is 2. The molecule has 160 valence electrons. The van der Waals surface area contributed by atoms with E-state index in [0.29, 0.717) is 12.1 Å². The number of halogens is 1. The number of piperazine rings is 1. The van der Waals surface area contributed by atoms with E-state index in [1.807, 2.05) is 6.92 Å². The van der Waals surface area contributed by atoms with E-state index in [-0.39, 0.29) is 11.7 Å². The van der Waals surface area contributed by atoms with Crippen molar-refractivity contribution in [2.75, 3.05) is 45.1 Å². The van der Waals surface area contributed by atoms with Crippen molar-refractivity contribution in [3.05, 3.63) is 65.0 Å². The second kappa shape index (κ2) is 9.82. The smallest absolute Gasteiger partial charge is 0.313 e. The van der Waals surface area contributed by atoms with E-state index >= 15 is 0 Å². The number of benzene rings is 2. The third kappa shape index (κ3) is 5.64. The summed E-state index contributed by atoms with van der Waals surface area (Å²) in [7, 11) is 2.19. The molecule has 0 aliphatic carbocycles. The van der Waals surface area contributed by atoms with Crippen LogP contribution in [0.25, 0.3) is 0 Å². The summed E-state index contributed by atoms with van der Waals surface area (Å²) in [5.41, 5.74) is 3.08. The highest BCUT2D eigenvalue weighted by molar-refractivity contribution is 6.39. The Kier molecular flexibility index (Phi) is 7.18. The predicted octanol–water partition coefficient (Wildman–Crippen LogP) is -0.348. The molecular weight excluding hydrogens is 383 g/mol. The molecule has 1 atom stereocenters. The third-order valence-electron chi connectivity index (χ3n) is 5.82. The minimum absolute atomic E-state index is 0.0762. The SMILES string of the molecule is Cc1ccc([C@H](CNC(=O)C(=O)Nc2ccc(C)c(F)c2)[NH+]2CC[NH+](C)CC2)cc1. The van der Waals surface area contributed by atoms with Crippen molar-refractivity contribution in [1.82, 2.24) is 5.32 Å². The van der Waals surface area contributed by atoms with Crippen molar-refractivity contribution < 1.29 is 23.8 Å². The van der Waals surface area contributed by atoms with Gasteiger partial charge in [0.15, 0.2) is 0 Å². The van der Waals surface area contributed by atoms with Gasteiger partial charge in [0.1, 0.15) is 38.0 Å². The standard InChI is InChI=1S/C23H29FN4O2/c1-16-4-7-18(8-5-16)21(28-12-10-27(3)11-13-28)15-25-22(29)23(30)26-19-9-6-17(2)20(24)14-19/h4-9,14,21H,10-13,15H2,1-3H3,(H,25,29)(H,26,30)/p+2/t21-/m0/s1. The number of quaternary nitrogens is 2. The van der Waals surface area contributed by atoms with Crippen LogP contribution < -0.4 is 20.4 Å². The molecule has 30 heavy (non-hydrogen) atoms. The van der Waals surface area contributed by atoms with Crippen LogP contribution >= 0.6 is 0 Å². The maximum atomic E-state index is 13.7. The number of amides is 2. The van der Waals surface area contributed by atoms with Crippen LogP contribution in [-0.4, -0.2) is 51.6 Å². The minimum atomic E-state index is -0.793. The van der Waals surface area contributed by atoms with Crippen LogP contribution in [0.5, 0.6) is 0 Å². The summed E-state index contributed by atoms with van der Waals surface area (Å²) in [6, 6.07) is 12.8. The monoisotopic (exact) mass is 414 g/mol. The van der Waals surface area contributed by atoms with E-state index < -0.39 is 17.6 Å². The van der Waals surface area contributed by atoms with E-state index in [0.717, 1.165) is 31.7 Å². The lowest BCUT2D eigenvalue weighted by atomic mass is 10.0. The van der Waals surface area contributed by atoms with Crippen molar-refractivity contribution >= 4 is 17.5 Å². The average molecular weight is 415 g/mol. The Morgan fingerprint density at radius 2 is 1.67 bits per heavy atom. The van der Waals surface area contributed by atoms with E-state index in [2.05, 4.69) is 41.9 Å². The van der Waals surface area contributed by atoms with Crippen molar-refractivity contribution in [2.24, 2.45) is 0 Å². The fourth-order valence-electron chi connectivity index (χ4n) is 3.78. The molecule has 0 unspecified atom stereocenters. The number of hydrogen-bond donors (Lipinski definition) is 4. The molecule has 2 aromatic rings. The summed E-state index contributed by atoms with van der Waals surface area (Å²) >= 11 is 0. The van der Waals surface area contributed by atoms with Crippen LogP contribution in [0.2, 0.25) is 0 Å². The molecular formula is C23H31FN4O2+2. The maximum Gasteiger partial charge on any atom is 0.313 e. The highest BCUT2D eigenvalue weighted by Gasteiger charge is 2.30. The summed E-state index contributed by atoms with van der Waals surface area (Å²) in [6.45, 7) is 8.22. The number of nitrogens with one attached hydrogen (secondary N) is 4. The summed E-state index contributed by atoms with van der Waals surface area (Å²) in [5.74, 6) is -1.93. The van der Waals surface area contributed by atoms with Crippen LogP contribution in [0, 0.1) is 19.7 Å². The van der Waals surface area contributed by atoms with Gasteiger partial charge in [-0.15, -0.1) is 0 Å². The number of hydrogen-bond acceptors (Lipinski definition) is 2. The summed E-state index contributed by atoms with van der Waals surface area (Å²) in [4.78, 5) is 27.6. The topological polar surface area (TPSA) is 67.1 Å². The van der Waals surface area contributed by atoms with Gasteiger partial charge >= 0.3 is 11.8 Å². The van der Waals surface area contributed by atoms with Crippen LogP contribution in [-0.2, 0) is 9.59 Å². The summed E-state index contributed by atoms with van der Waals surface area (Å²) in [6.07, 6.45) is 0. The molecule has 6 nitrogen and oxygen atoms in total. The molecule has 2 amide bonds. The van der Waals surface area contributed by atoms with Crippen molar-refractivity contribution in [3.63, 3.8) is 0 Å². The number of carbonyl (C=O) groups excluding carboxylic acids is 2. The zero-order valence-electron chi connectivity index (χ0n) is 17.8.